The van der Waals surface area contributed by atoms with E-state index in [1.54, 1.807) is 11.8 Å². The molecule has 2 rings (SSSR count). The van der Waals surface area contributed by atoms with Crippen molar-refractivity contribution >= 4 is 11.8 Å². The molecular weight excluding hydrogens is 278 g/mol. The SMILES string of the molecule is Cc1cnc(Sc2ccc(C)cc2CNC(C)(C)C)nc1. The summed E-state index contributed by atoms with van der Waals surface area (Å²) in [7, 11) is 0. The lowest BCUT2D eigenvalue weighted by Gasteiger charge is -2.21. The molecule has 0 aliphatic rings. The number of rotatable bonds is 4. The van der Waals surface area contributed by atoms with E-state index in [-0.39, 0.29) is 5.54 Å². The highest BCUT2D eigenvalue weighted by Crippen LogP contribution is 2.28. The molecule has 0 spiro atoms. The van der Waals surface area contributed by atoms with E-state index >= 15 is 0 Å². The molecule has 0 atom stereocenters. The molecule has 0 saturated carbocycles. The summed E-state index contributed by atoms with van der Waals surface area (Å²) in [5, 5.41) is 4.34. The number of nitrogens with one attached hydrogen (secondary N) is 1. The number of nitrogens with zero attached hydrogens (tertiary/aromatic N) is 2. The fraction of sp³-hybridized carbons (Fsp3) is 0.412. The molecule has 0 aliphatic carbocycles. The zero-order valence-corrected chi connectivity index (χ0v) is 14.2. The second-order valence-electron chi connectivity index (χ2n) is 6.36. The lowest BCUT2D eigenvalue weighted by atomic mass is 10.1. The zero-order valence-electron chi connectivity index (χ0n) is 13.4. The highest BCUT2D eigenvalue weighted by atomic mass is 32.2. The maximum Gasteiger partial charge on any atom is 0.192 e. The van der Waals surface area contributed by atoms with Crippen molar-refractivity contribution in [3.8, 4) is 0 Å². The van der Waals surface area contributed by atoms with Crippen molar-refractivity contribution in [2.75, 3.05) is 0 Å². The van der Waals surface area contributed by atoms with Crippen molar-refractivity contribution in [2.24, 2.45) is 0 Å². The van der Waals surface area contributed by atoms with Crippen molar-refractivity contribution in [2.45, 2.75) is 56.8 Å². The first-order valence-corrected chi connectivity index (χ1v) is 7.96. The molecule has 0 saturated heterocycles. The molecular formula is C17H23N3S. The largest absolute Gasteiger partial charge is 0.308 e. The Labute approximate surface area is 131 Å². The highest BCUT2D eigenvalue weighted by Gasteiger charge is 2.12. The third-order valence-corrected chi connectivity index (χ3v) is 4.00. The molecule has 0 aliphatic heterocycles. The lowest BCUT2D eigenvalue weighted by Crippen LogP contribution is -2.35. The Morgan fingerprint density at radius 3 is 2.33 bits per heavy atom. The van der Waals surface area contributed by atoms with Crippen LogP contribution in [0.4, 0.5) is 0 Å². The first-order valence-electron chi connectivity index (χ1n) is 7.14. The standard InChI is InChI=1S/C17H23N3S/c1-12-6-7-15(14(8-12)11-20-17(3,4)5)21-16-18-9-13(2)10-19-16/h6-10,20H,11H2,1-5H3. The third kappa shape index (κ3) is 5.14. The fourth-order valence-electron chi connectivity index (χ4n) is 1.84. The van der Waals surface area contributed by atoms with Crippen LogP contribution < -0.4 is 5.32 Å². The van der Waals surface area contributed by atoms with Gasteiger partial charge in [0.2, 0.25) is 0 Å². The number of hydrogen-bond acceptors (Lipinski definition) is 4. The molecule has 0 amide bonds. The Morgan fingerprint density at radius 1 is 1.05 bits per heavy atom. The van der Waals surface area contributed by atoms with Gasteiger partial charge in [0.15, 0.2) is 5.16 Å². The molecule has 0 radical (unpaired) electrons. The third-order valence-electron chi connectivity index (χ3n) is 2.98. The van der Waals surface area contributed by atoms with E-state index in [9.17, 15) is 0 Å². The normalized spacial score (nSPS) is 11.7. The average Bonchev–Trinajstić information content (AvgIpc) is 2.40. The van der Waals surface area contributed by atoms with Gasteiger partial charge in [0, 0.05) is 29.4 Å². The Kier molecular flexibility index (Phi) is 5.01. The first kappa shape index (κ1) is 16.0. The van der Waals surface area contributed by atoms with Crippen LogP contribution in [0.1, 0.15) is 37.5 Å². The first-order chi connectivity index (χ1) is 9.83. The zero-order chi connectivity index (χ0) is 15.5. The van der Waals surface area contributed by atoms with Crippen LogP contribution in [0.25, 0.3) is 0 Å². The summed E-state index contributed by atoms with van der Waals surface area (Å²) in [4.78, 5) is 9.96. The Hall–Kier alpha value is -1.39. The van der Waals surface area contributed by atoms with Gasteiger partial charge in [-0.15, -0.1) is 0 Å². The van der Waals surface area contributed by atoms with Crippen LogP contribution in [0.15, 0.2) is 40.6 Å². The predicted octanol–water partition coefficient (Wildman–Crippen LogP) is 4.13. The quantitative estimate of drug-likeness (QED) is 0.862. The van der Waals surface area contributed by atoms with E-state index < -0.39 is 0 Å². The lowest BCUT2D eigenvalue weighted by molar-refractivity contribution is 0.422. The van der Waals surface area contributed by atoms with Gasteiger partial charge >= 0.3 is 0 Å². The molecule has 1 heterocycles. The molecule has 2 aromatic rings. The van der Waals surface area contributed by atoms with Crippen molar-refractivity contribution in [1.82, 2.24) is 15.3 Å². The second kappa shape index (κ2) is 6.58. The highest BCUT2D eigenvalue weighted by molar-refractivity contribution is 7.99. The maximum absolute atomic E-state index is 4.38. The molecule has 0 unspecified atom stereocenters. The minimum absolute atomic E-state index is 0.103. The van der Waals surface area contributed by atoms with Gasteiger partial charge in [-0.2, -0.15) is 0 Å². The molecule has 112 valence electrons. The topological polar surface area (TPSA) is 37.8 Å². The Balaban J connectivity index is 2.20. The molecule has 0 bridgehead atoms. The summed E-state index contributed by atoms with van der Waals surface area (Å²) in [5.41, 5.74) is 3.75. The summed E-state index contributed by atoms with van der Waals surface area (Å²) in [6, 6.07) is 6.52. The van der Waals surface area contributed by atoms with Gasteiger partial charge in [0.05, 0.1) is 0 Å². The number of hydrogen-bond donors (Lipinski definition) is 1. The minimum Gasteiger partial charge on any atom is -0.308 e. The van der Waals surface area contributed by atoms with Gasteiger partial charge in [0.1, 0.15) is 0 Å². The number of aryl methyl sites for hydroxylation is 2. The van der Waals surface area contributed by atoms with Gasteiger partial charge in [-0.1, -0.05) is 17.7 Å². The van der Waals surface area contributed by atoms with Crippen molar-refractivity contribution in [3.63, 3.8) is 0 Å². The molecule has 1 aromatic carbocycles. The monoisotopic (exact) mass is 301 g/mol. The van der Waals surface area contributed by atoms with E-state index in [2.05, 4.69) is 61.2 Å². The van der Waals surface area contributed by atoms with Crippen LogP contribution in [0.5, 0.6) is 0 Å². The van der Waals surface area contributed by atoms with Crippen LogP contribution in [-0.2, 0) is 6.54 Å². The molecule has 4 heteroatoms. The van der Waals surface area contributed by atoms with Gasteiger partial charge in [-0.3, -0.25) is 0 Å². The van der Waals surface area contributed by atoms with Crippen LogP contribution in [0, 0.1) is 13.8 Å². The molecule has 1 aromatic heterocycles. The van der Waals surface area contributed by atoms with E-state index in [1.165, 1.54) is 16.0 Å². The number of benzene rings is 1. The van der Waals surface area contributed by atoms with Crippen molar-refractivity contribution in [1.29, 1.82) is 0 Å². The van der Waals surface area contributed by atoms with Crippen molar-refractivity contribution < 1.29 is 0 Å². The van der Waals surface area contributed by atoms with Gasteiger partial charge in [-0.25, -0.2) is 9.97 Å². The summed E-state index contributed by atoms with van der Waals surface area (Å²) in [5.74, 6) is 0. The maximum atomic E-state index is 4.38. The van der Waals surface area contributed by atoms with Crippen LogP contribution in [0.3, 0.4) is 0 Å². The summed E-state index contributed by atoms with van der Waals surface area (Å²) in [6.07, 6.45) is 3.72. The number of aromatic nitrogens is 2. The molecule has 3 nitrogen and oxygen atoms in total. The van der Waals surface area contributed by atoms with Gasteiger partial charge in [0.25, 0.3) is 0 Å². The Morgan fingerprint density at radius 2 is 1.71 bits per heavy atom. The second-order valence-corrected chi connectivity index (χ2v) is 7.37. The molecule has 0 fully saturated rings. The van der Waals surface area contributed by atoms with Gasteiger partial charge < -0.3 is 5.32 Å². The smallest absolute Gasteiger partial charge is 0.192 e. The van der Waals surface area contributed by atoms with E-state index in [0.717, 1.165) is 17.3 Å². The molecule has 1 N–H and O–H groups in total. The average molecular weight is 301 g/mol. The van der Waals surface area contributed by atoms with E-state index in [1.807, 2.05) is 19.3 Å². The summed E-state index contributed by atoms with van der Waals surface area (Å²) < 4.78 is 0. The Bertz CT molecular complexity index is 600. The van der Waals surface area contributed by atoms with Crippen LogP contribution in [0.2, 0.25) is 0 Å². The summed E-state index contributed by atoms with van der Waals surface area (Å²) in [6.45, 7) is 11.5. The fourth-order valence-corrected chi connectivity index (χ4v) is 2.64. The minimum atomic E-state index is 0.103. The van der Waals surface area contributed by atoms with Gasteiger partial charge in [-0.05, 0) is 63.6 Å². The van der Waals surface area contributed by atoms with E-state index in [0.29, 0.717) is 0 Å². The van der Waals surface area contributed by atoms with Crippen molar-refractivity contribution in [3.05, 3.63) is 47.3 Å². The van der Waals surface area contributed by atoms with Crippen LogP contribution >= 0.6 is 11.8 Å². The summed E-state index contributed by atoms with van der Waals surface area (Å²) >= 11 is 1.62. The predicted molar refractivity (Wildman–Crippen MR) is 88.7 cm³/mol. The van der Waals surface area contributed by atoms with Crippen LogP contribution in [-0.4, -0.2) is 15.5 Å². The van der Waals surface area contributed by atoms with E-state index in [4.69, 9.17) is 0 Å². The molecule has 21 heavy (non-hydrogen) atoms.